The Morgan fingerprint density at radius 1 is 0.875 bits per heavy atom. The van der Waals surface area contributed by atoms with Gasteiger partial charge >= 0.3 is 0 Å². The van der Waals surface area contributed by atoms with Crippen molar-refractivity contribution in [1.82, 2.24) is 4.57 Å². The minimum Gasteiger partial charge on any atom is -0.497 e. The van der Waals surface area contributed by atoms with E-state index in [9.17, 15) is 4.79 Å². The number of methoxy groups -OCH3 is 2. The molecule has 0 fully saturated rings. The number of nitrogens with zero attached hydrogens (tertiary/aromatic N) is 2. The zero-order valence-corrected chi connectivity index (χ0v) is 19.3. The first-order valence-electron chi connectivity index (χ1n) is 10.1. The summed E-state index contributed by atoms with van der Waals surface area (Å²) in [6.07, 6.45) is 0. The molecule has 0 unspecified atom stereocenters. The van der Waals surface area contributed by atoms with Gasteiger partial charge in [-0.3, -0.25) is 4.79 Å². The number of carbonyl (C=O) groups is 1. The van der Waals surface area contributed by atoms with Crippen LogP contribution in [0, 0.1) is 6.92 Å². The Bertz CT molecular complexity index is 1300. The van der Waals surface area contributed by atoms with Crippen LogP contribution in [0.3, 0.4) is 0 Å². The lowest BCUT2D eigenvalue weighted by atomic mass is 10.1. The second-order valence-electron chi connectivity index (χ2n) is 7.37. The highest BCUT2D eigenvalue weighted by atomic mass is 32.1. The fourth-order valence-electron chi connectivity index (χ4n) is 3.46. The third kappa shape index (κ3) is 4.36. The lowest BCUT2D eigenvalue weighted by molar-refractivity contribution is 0.0997. The number of ether oxygens (including phenoxy) is 2. The maximum Gasteiger partial charge on any atom is 0.279 e. The summed E-state index contributed by atoms with van der Waals surface area (Å²) in [6.45, 7) is 2.07. The molecule has 32 heavy (non-hydrogen) atoms. The van der Waals surface area contributed by atoms with E-state index in [1.165, 1.54) is 16.9 Å². The summed E-state index contributed by atoms with van der Waals surface area (Å²) >= 11 is 1.49. The molecule has 4 rings (SSSR count). The fourth-order valence-corrected chi connectivity index (χ4v) is 4.60. The Hall–Kier alpha value is -3.64. The van der Waals surface area contributed by atoms with Gasteiger partial charge in [0.05, 0.1) is 24.8 Å². The molecule has 0 aliphatic carbocycles. The van der Waals surface area contributed by atoms with Crippen molar-refractivity contribution in [2.24, 2.45) is 12.0 Å². The maximum atomic E-state index is 13.1. The molecular weight excluding hydrogens is 420 g/mol. The van der Waals surface area contributed by atoms with Crippen LogP contribution in [0.25, 0.3) is 21.7 Å². The average molecular weight is 445 g/mol. The van der Waals surface area contributed by atoms with E-state index in [0.29, 0.717) is 21.9 Å². The van der Waals surface area contributed by atoms with E-state index in [0.717, 1.165) is 21.7 Å². The number of rotatable bonds is 5. The number of aryl methyl sites for hydroxylation is 1. The van der Waals surface area contributed by atoms with Crippen LogP contribution in [0.1, 0.15) is 15.9 Å². The standard InChI is InChI=1S/C26H24N2O3S/c1-17-10-12-18(13-11-17)23-24(19-8-6-5-7-9-19)32-26(28(23)2)27-25(29)20-14-21(30-3)16-22(15-20)31-4/h5-16H,1-4H3. The van der Waals surface area contributed by atoms with Crippen molar-refractivity contribution in [2.45, 2.75) is 6.92 Å². The molecule has 5 nitrogen and oxygen atoms in total. The quantitative estimate of drug-likeness (QED) is 0.409. The lowest BCUT2D eigenvalue weighted by Gasteiger charge is -2.08. The second-order valence-corrected chi connectivity index (χ2v) is 8.35. The smallest absolute Gasteiger partial charge is 0.279 e. The summed E-state index contributed by atoms with van der Waals surface area (Å²) in [7, 11) is 5.05. The zero-order valence-electron chi connectivity index (χ0n) is 18.5. The number of amides is 1. The van der Waals surface area contributed by atoms with E-state index < -0.39 is 0 Å². The van der Waals surface area contributed by atoms with Crippen molar-refractivity contribution in [3.8, 4) is 33.2 Å². The number of benzene rings is 3. The molecule has 0 saturated heterocycles. The highest BCUT2D eigenvalue weighted by Crippen LogP contribution is 2.34. The largest absolute Gasteiger partial charge is 0.497 e. The third-order valence-electron chi connectivity index (χ3n) is 5.19. The van der Waals surface area contributed by atoms with Crippen LogP contribution in [0.5, 0.6) is 11.5 Å². The van der Waals surface area contributed by atoms with Gasteiger partial charge in [0, 0.05) is 18.7 Å². The minimum absolute atomic E-state index is 0.353. The summed E-state index contributed by atoms with van der Waals surface area (Å²) in [5.74, 6) is 0.738. The predicted molar refractivity (Wildman–Crippen MR) is 128 cm³/mol. The summed E-state index contributed by atoms with van der Waals surface area (Å²) in [4.78, 5) is 19.2. The van der Waals surface area contributed by atoms with Crippen LogP contribution < -0.4 is 14.3 Å². The molecule has 3 aromatic carbocycles. The molecule has 0 N–H and O–H groups in total. The second kappa shape index (κ2) is 9.24. The number of carbonyl (C=O) groups excluding carboxylic acids is 1. The van der Waals surface area contributed by atoms with Crippen molar-refractivity contribution in [2.75, 3.05) is 14.2 Å². The molecular formula is C26H24N2O3S. The molecule has 1 amide bonds. The summed E-state index contributed by atoms with van der Waals surface area (Å²) < 4.78 is 12.6. The molecule has 4 aromatic rings. The van der Waals surface area contributed by atoms with E-state index in [2.05, 4.69) is 48.3 Å². The molecule has 1 heterocycles. The summed E-state index contributed by atoms with van der Waals surface area (Å²) in [5.41, 5.74) is 4.79. The SMILES string of the molecule is COc1cc(OC)cc(C(=O)N=c2sc(-c3ccccc3)c(-c3ccc(C)cc3)n2C)c1. The maximum absolute atomic E-state index is 13.1. The van der Waals surface area contributed by atoms with Gasteiger partial charge in [-0.15, -0.1) is 0 Å². The van der Waals surface area contributed by atoms with E-state index in [4.69, 9.17) is 9.47 Å². The van der Waals surface area contributed by atoms with Crippen molar-refractivity contribution in [3.63, 3.8) is 0 Å². The Kier molecular flexibility index (Phi) is 6.23. The first-order valence-corrected chi connectivity index (χ1v) is 11.0. The first-order chi connectivity index (χ1) is 15.5. The third-order valence-corrected chi connectivity index (χ3v) is 6.37. The number of thiazole rings is 1. The number of aromatic nitrogens is 1. The zero-order chi connectivity index (χ0) is 22.7. The highest BCUT2D eigenvalue weighted by molar-refractivity contribution is 7.13. The monoisotopic (exact) mass is 444 g/mol. The molecule has 6 heteroatoms. The molecule has 0 atom stereocenters. The molecule has 0 spiro atoms. The Balaban J connectivity index is 1.88. The fraction of sp³-hybridized carbons (Fsp3) is 0.154. The van der Waals surface area contributed by atoms with Gasteiger partial charge in [0.1, 0.15) is 11.5 Å². The van der Waals surface area contributed by atoms with Gasteiger partial charge in [0.25, 0.3) is 5.91 Å². The van der Waals surface area contributed by atoms with Crippen LogP contribution in [-0.4, -0.2) is 24.7 Å². The van der Waals surface area contributed by atoms with E-state index in [-0.39, 0.29) is 5.91 Å². The molecule has 1 aromatic heterocycles. The van der Waals surface area contributed by atoms with Crippen molar-refractivity contribution < 1.29 is 14.3 Å². The van der Waals surface area contributed by atoms with E-state index in [1.807, 2.05) is 29.8 Å². The summed E-state index contributed by atoms with van der Waals surface area (Å²) in [6, 6.07) is 23.6. The van der Waals surface area contributed by atoms with Gasteiger partial charge in [0.15, 0.2) is 4.80 Å². The molecule has 162 valence electrons. The molecule has 0 saturated carbocycles. The van der Waals surface area contributed by atoms with Gasteiger partial charge in [-0.25, -0.2) is 0 Å². The molecule has 0 bridgehead atoms. The minimum atomic E-state index is -0.353. The van der Waals surface area contributed by atoms with E-state index >= 15 is 0 Å². The van der Waals surface area contributed by atoms with Crippen LogP contribution >= 0.6 is 11.3 Å². The van der Waals surface area contributed by atoms with Crippen LogP contribution in [0.15, 0.2) is 77.8 Å². The Morgan fingerprint density at radius 3 is 2.09 bits per heavy atom. The summed E-state index contributed by atoms with van der Waals surface area (Å²) in [5, 5.41) is 0. The van der Waals surface area contributed by atoms with Crippen LogP contribution in [0.2, 0.25) is 0 Å². The van der Waals surface area contributed by atoms with Crippen molar-refractivity contribution >= 4 is 17.2 Å². The van der Waals surface area contributed by atoms with Crippen molar-refractivity contribution in [3.05, 3.63) is 88.7 Å². The first kappa shape index (κ1) is 21.6. The van der Waals surface area contributed by atoms with Gasteiger partial charge in [0.2, 0.25) is 0 Å². The topological polar surface area (TPSA) is 52.8 Å². The predicted octanol–water partition coefficient (Wildman–Crippen LogP) is 5.49. The normalized spacial score (nSPS) is 11.4. The Morgan fingerprint density at radius 2 is 1.50 bits per heavy atom. The van der Waals surface area contributed by atoms with E-state index in [1.54, 1.807) is 32.4 Å². The number of hydrogen-bond donors (Lipinski definition) is 0. The molecule has 0 radical (unpaired) electrons. The molecule has 0 aliphatic rings. The number of hydrogen-bond acceptors (Lipinski definition) is 4. The molecule has 0 aliphatic heterocycles. The van der Waals surface area contributed by atoms with Gasteiger partial charge in [-0.2, -0.15) is 4.99 Å². The van der Waals surface area contributed by atoms with Gasteiger partial charge in [-0.1, -0.05) is 71.5 Å². The lowest BCUT2D eigenvalue weighted by Crippen LogP contribution is -2.14. The van der Waals surface area contributed by atoms with Crippen molar-refractivity contribution in [1.29, 1.82) is 0 Å². The highest BCUT2D eigenvalue weighted by Gasteiger charge is 2.17. The van der Waals surface area contributed by atoms with Crippen LogP contribution in [-0.2, 0) is 7.05 Å². The Labute approximate surface area is 191 Å². The van der Waals surface area contributed by atoms with Gasteiger partial charge < -0.3 is 14.0 Å². The van der Waals surface area contributed by atoms with Gasteiger partial charge in [-0.05, 0) is 30.2 Å². The average Bonchev–Trinajstić information content (AvgIpc) is 3.15. The van der Waals surface area contributed by atoms with Crippen LogP contribution in [0.4, 0.5) is 0 Å².